The molecule has 2 aromatic rings. The number of fused-ring (bicyclic) bond motifs is 3. The van der Waals surface area contributed by atoms with E-state index in [2.05, 4.69) is 52.2 Å². The predicted molar refractivity (Wildman–Crippen MR) is 105 cm³/mol. The summed E-state index contributed by atoms with van der Waals surface area (Å²) in [5.41, 5.74) is 3.39. The molecule has 0 aliphatic carbocycles. The van der Waals surface area contributed by atoms with Crippen LogP contribution in [0.15, 0.2) is 39.1 Å². The van der Waals surface area contributed by atoms with Crippen LogP contribution in [0.1, 0.15) is 43.9 Å². The zero-order chi connectivity index (χ0) is 17.4. The van der Waals surface area contributed by atoms with Gasteiger partial charge < -0.3 is 9.67 Å². The van der Waals surface area contributed by atoms with Crippen molar-refractivity contribution in [1.82, 2.24) is 4.57 Å². The molecule has 0 spiro atoms. The van der Waals surface area contributed by atoms with Gasteiger partial charge >= 0.3 is 5.97 Å². The molecule has 5 heteroatoms. The van der Waals surface area contributed by atoms with Crippen LogP contribution in [0, 0.1) is 0 Å². The van der Waals surface area contributed by atoms with Crippen molar-refractivity contribution in [3.63, 3.8) is 0 Å². The van der Waals surface area contributed by atoms with E-state index < -0.39 is 5.97 Å². The van der Waals surface area contributed by atoms with E-state index in [1.54, 1.807) is 11.8 Å². The average molecular weight is 406 g/mol. The smallest absolute Gasteiger partial charge is 0.304 e. The van der Waals surface area contributed by atoms with Gasteiger partial charge in [-0.1, -0.05) is 46.4 Å². The summed E-state index contributed by atoms with van der Waals surface area (Å²) in [6.07, 6.45) is 5.01. The Morgan fingerprint density at radius 2 is 2.29 bits per heavy atom. The summed E-state index contributed by atoms with van der Waals surface area (Å²) < 4.78 is 3.34. The first-order chi connectivity index (χ1) is 11.5. The highest BCUT2D eigenvalue weighted by Crippen LogP contribution is 2.48. The number of hydrogen-bond donors (Lipinski definition) is 1. The van der Waals surface area contributed by atoms with Crippen LogP contribution >= 0.6 is 27.7 Å². The molecule has 3 nitrogen and oxygen atoms in total. The van der Waals surface area contributed by atoms with E-state index in [0.717, 1.165) is 28.5 Å². The minimum absolute atomic E-state index is 0.0705. The molecule has 0 saturated heterocycles. The number of hydrogen-bond acceptors (Lipinski definition) is 2. The minimum atomic E-state index is -0.733. The second-order valence-corrected chi connectivity index (χ2v) is 8.16. The molecule has 1 aromatic carbocycles. The molecule has 2 heterocycles. The van der Waals surface area contributed by atoms with Crippen LogP contribution in [0.3, 0.4) is 0 Å². The lowest BCUT2D eigenvalue weighted by Crippen LogP contribution is -2.04. The third-order valence-electron chi connectivity index (χ3n) is 4.55. The van der Waals surface area contributed by atoms with Crippen molar-refractivity contribution in [2.45, 2.75) is 44.0 Å². The van der Waals surface area contributed by atoms with Crippen LogP contribution in [0.5, 0.6) is 0 Å². The second-order valence-electron chi connectivity index (χ2n) is 6.05. The van der Waals surface area contributed by atoms with E-state index in [1.807, 2.05) is 13.0 Å². The van der Waals surface area contributed by atoms with Gasteiger partial charge in [0, 0.05) is 32.9 Å². The summed E-state index contributed by atoms with van der Waals surface area (Å²) in [5.74, 6) is -0.663. The Balaban J connectivity index is 2.28. The first-order valence-electron chi connectivity index (χ1n) is 7.96. The number of carbonyl (C=O) groups is 1. The molecule has 1 aliphatic heterocycles. The Morgan fingerprint density at radius 3 is 2.92 bits per heavy atom. The highest BCUT2D eigenvalue weighted by molar-refractivity contribution is 9.10. The van der Waals surface area contributed by atoms with Crippen molar-refractivity contribution < 1.29 is 9.90 Å². The fourth-order valence-corrected chi connectivity index (χ4v) is 5.28. The largest absolute Gasteiger partial charge is 0.481 e. The highest BCUT2D eigenvalue weighted by atomic mass is 79.9. The lowest BCUT2D eigenvalue weighted by molar-refractivity contribution is -0.137. The van der Waals surface area contributed by atoms with Crippen molar-refractivity contribution in [3.05, 3.63) is 45.4 Å². The van der Waals surface area contributed by atoms with Crippen molar-refractivity contribution in [3.8, 4) is 0 Å². The minimum Gasteiger partial charge on any atom is -0.481 e. The van der Waals surface area contributed by atoms with Crippen LogP contribution in [0.25, 0.3) is 17.0 Å². The van der Waals surface area contributed by atoms with E-state index in [9.17, 15) is 9.90 Å². The Hall–Kier alpha value is -1.46. The van der Waals surface area contributed by atoms with Crippen molar-refractivity contribution in [1.29, 1.82) is 0 Å². The third kappa shape index (κ3) is 2.95. The number of nitrogens with zero attached hydrogens (tertiary/aromatic N) is 1. The van der Waals surface area contributed by atoms with Crippen LogP contribution in [0.2, 0.25) is 0 Å². The van der Waals surface area contributed by atoms with Crippen molar-refractivity contribution in [2.24, 2.45) is 0 Å². The van der Waals surface area contributed by atoms with Gasteiger partial charge in [-0.25, -0.2) is 0 Å². The number of benzene rings is 1. The van der Waals surface area contributed by atoms with E-state index in [-0.39, 0.29) is 12.3 Å². The van der Waals surface area contributed by atoms with Gasteiger partial charge in [0.1, 0.15) is 0 Å². The predicted octanol–water partition coefficient (Wildman–Crippen LogP) is 6.02. The van der Waals surface area contributed by atoms with Crippen LogP contribution in [-0.2, 0) is 11.3 Å². The van der Waals surface area contributed by atoms with Gasteiger partial charge in [0.05, 0.1) is 11.9 Å². The number of thioether (sulfide) groups is 1. The molecule has 0 radical (unpaired) electrons. The number of halogens is 1. The number of aryl methyl sites for hydroxylation is 1. The molecule has 1 aliphatic rings. The number of carboxylic acid groups (broad SMARTS) is 1. The van der Waals surface area contributed by atoms with Gasteiger partial charge in [0.15, 0.2) is 0 Å². The molecule has 1 atom stereocenters. The van der Waals surface area contributed by atoms with E-state index in [0.29, 0.717) is 0 Å². The molecule has 24 heavy (non-hydrogen) atoms. The molecular weight excluding hydrogens is 386 g/mol. The summed E-state index contributed by atoms with van der Waals surface area (Å²) in [6, 6.07) is 4.22. The molecule has 0 saturated carbocycles. The van der Waals surface area contributed by atoms with Crippen LogP contribution < -0.4 is 0 Å². The summed E-state index contributed by atoms with van der Waals surface area (Å²) in [6.45, 7) is 8.86. The summed E-state index contributed by atoms with van der Waals surface area (Å²) in [7, 11) is 0. The maximum Gasteiger partial charge on any atom is 0.304 e. The van der Waals surface area contributed by atoms with Gasteiger partial charge in [0.2, 0.25) is 0 Å². The van der Waals surface area contributed by atoms with E-state index in [4.69, 9.17) is 0 Å². The molecular formula is C19H20BrNO2S. The molecule has 3 rings (SSSR count). The first-order valence-corrected chi connectivity index (χ1v) is 9.57. The van der Waals surface area contributed by atoms with Gasteiger partial charge in [-0.05, 0) is 42.9 Å². The zero-order valence-corrected chi connectivity index (χ0v) is 16.2. The Labute approximate surface area is 154 Å². The molecule has 0 bridgehead atoms. The first kappa shape index (κ1) is 17.4. The second kappa shape index (κ2) is 6.81. The molecule has 1 N–H and O–H groups in total. The SMILES string of the molecule is C=Cc1cc(Br)c2c(S/C(C)=C/C)c3n(c2c1)CCC3CC(=O)O. The number of aromatic nitrogens is 1. The third-order valence-corrected chi connectivity index (χ3v) is 6.35. The molecule has 0 amide bonds. The fourth-order valence-electron chi connectivity index (χ4n) is 3.35. The average Bonchev–Trinajstić information content (AvgIpc) is 3.07. The topological polar surface area (TPSA) is 42.2 Å². The fraction of sp³-hybridized carbons (Fsp3) is 0.316. The van der Waals surface area contributed by atoms with E-state index >= 15 is 0 Å². The Morgan fingerprint density at radius 1 is 1.54 bits per heavy atom. The normalized spacial score (nSPS) is 17.3. The monoisotopic (exact) mass is 405 g/mol. The summed E-state index contributed by atoms with van der Waals surface area (Å²) in [5, 5.41) is 10.5. The lowest BCUT2D eigenvalue weighted by Gasteiger charge is -2.10. The summed E-state index contributed by atoms with van der Waals surface area (Å²) in [4.78, 5) is 13.7. The Bertz CT molecular complexity index is 866. The van der Waals surface area contributed by atoms with E-state index in [1.165, 1.54) is 20.9 Å². The zero-order valence-electron chi connectivity index (χ0n) is 13.8. The van der Waals surface area contributed by atoms with Crippen molar-refractivity contribution >= 4 is 50.6 Å². The Kier molecular flexibility index (Phi) is 4.92. The van der Waals surface area contributed by atoms with Gasteiger partial charge in [-0.3, -0.25) is 4.79 Å². The van der Waals surface area contributed by atoms with Crippen LogP contribution in [-0.4, -0.2) is 15.6 Å². The quantitative estimate of drug-likeness (QED) is 0.617. The molecule has 1 unspecified atom stereocenters. The van der Waals surface area contributed by atoms with Crippen molar-refractivity contribution in [2.75, 3.05) is 0 Å². The van der Waals surface area contributed by atoms with Gasteiger partial charge in [0.25, 0.3) is 0 Å². The highest BCUT2D eigenvalue weighted by Gasteiger charge is 2.32. The lowest BCUT2D eigenvalue weighted by atomic mass is 10.00. The number of allylic oxidation sites excluding steroid dienone is 2. The number of rotatable bonds is 5. The van der Waals surface area contributed by atoms with Crippen LogP contribution in [0.4, 0.5) is 0 Å². The van der Waals surface area contributed by atoms with Gasteiger partial charge in [-0.15, -0.1) is 0 Å². The number of carboxylic acids is 1. The molecule has 0 fully saturated rings. The summed E-state index contributed by atoms with van der Waals surface area (Å²) >= 11 is 5.45. The standard InChI is InChI=1S/C19H20BrNO2S/c1-4-11(3)24-19-17-14(20)8-12(5-2)9-15(17)21-7-6-13(18(19)21)10-16(22)23/h4-5,8-9,13H,2,6-7,10H2,1,3H3,(H,22,23)/b11-4+. The van der Waals surface area contributed by atoms with Gasteiger partial charge in [-0.2, -0.15) is 0 Å². The maximum absolute atomic E-state index is 11.3. The molecule has 126 valence electrons. The molecule has 1 aromatic heterocycles. The number of aliphatic carboxylic acids is 1. The maximum atomic E-state index is 11.3.